The number of unbranched alkanes of at least 4 members (excludes halogenated alkanes) is 10. The molecule has 0 aliphatic carbocycles. The number of carbonyl (C=O) groups excluding carboxylic acids is 2. The number of phosphoric ester groups is 2. The molecule has 2 unspecified atom stereocenters. The number of aliphatic hydroxyl groups is 4. The Morgan fingerprint density at radius 2 is 1.40 bits per heavy atom. The average Bonchev–Trinajstić information content (AvgIpc) is 3.61. The van der Waals surface area contributed by atoms with Crippen LogP contribution in [0, 0.1) is 0 Å². The summed E-state index contributed by atoms with van der Waals surface area (Å²) in [5.41, 5.74) is 4.56. The van der Waals surface area contributed by atoms with Gasteiger partial charge in [0.05, 0.1) is 25.4 Å². The molecule has 1 aromatic rings. The largest absolute Gasteiger partial charge is 0.481 e. The van der Waals surface area contributed by atoms with Crippen molar-refractivity contribution in [2.45, 2.75) is 172 Å². The molecule has 0 saturated carbocycles. The first-order chi connectivity index (χ1) is 34.5. The van der Waals surface area contributed by atoms with E-state index < -0.39 is 95.9 Å². The lowest BCUT2D eigenvalue weighted by Crippen LogP contribution is -2.36. The summed E-state index contributed by atoms with van der Waals surface area (Å²) in [6.07, 6.45) is 31.7. The summed E-state index contributed by atoms with van der Waals surface area (Å²) in [6, 6.07) is 1.23. The number of aliphatic hydroxyl groups excluding tert-OH is 4. The third-order valence-corrected chi connectivity index (χ3v) is 13.2. The minimum atomic E-state index is -5.47. The Bertz CT molecular complexity index is 2070. The molecule has 1 aliphatic rings. The molecule has 8 N–H and O–H groups in total. The minimum absolute atomic E-state index is 0.00767. The molecular weight excluding hydrogens is 977 g/mol. The molecule has 9 atom stereocenters. The first-order valence-corrected chi connectivity index (χ1v) is 27.8. The van der Waals surface area contributed by atoms with Crippen molar-refractivity contribution in [2.75, 3.05) is 25.6 Å². The maximum Gasteiger partial charge on any atom is 0.481 e. The number of allylic oxidation sites excluding steroid dienone is 10. The molecule has 1 fully saturated rings. The van der Waals surface area contributed by atoms with Gasteiger partial charge in [-0.25, -0.2) is 13.9 Å². The fourth-order valence-electron chi connectivity index (χ4n) is 6.75. The van der Waals surface area contributed by atoms with Crippen molar-refractivity contribution in [1.29, 1.82) is 0 Å². The summed E-state index contributed by atoms with van der Waals surface area (Å²) in [6.45, 7) is 1.73. The number of nitrogens with two attached hydrogens (primary N) is 1. The molecule has 1 aromatic heterocycles. The van der Waals surface area contributed by atoms with Gasteiger partial charge in [-0.3, -0.25) is 23.2 Å². The van der Waals surface area contributed by atoms with Crippen molar-refractivity contribution in [1.82, 2.24) is 9.55 Å². The minimum Gasteiger partial charge on any atom is -0.462 e. The number of hydrogen-bond acceptors (Lipinski definition) is 17. The molecule has 0 spiro atoms. The third-order valence-electron chi connectivity index (χ3n) is 10.6. The van der Waals surface area contributed by atoms with Crippen LogP contribution in [0.4, 0.5) is 5.82 Å². The Labute approximate surface area is 423 Å². The first kappa shape index (κ1) is 64.0. The first-order valence-electron chi connectivity index (χ1n) is 24.8. The number of aromatic nitrogens is 2. The summed E-state index contributed by atoms with van der Waals surface area (Å²) >= 11 is 0. The van der Waals surface area contributed by atoms with Gasteiger partial charge in [0.25, 0.3) is 0 Å². The van der Waals surface area contributed by atoms with Crippen molar-refractivity contribution in [3.8, 4) is 0 Å². The number of ether oxygens (including phenoxy) is 3. The number of carbonyl (C=O) groups is 2. The van der Waals surface area contributed by atoms with Crippen molar-refractivity contribution in [2.24, 2.45) is 0 Å². The van der Waals surface area contributed by atoms with Gasteiger partial charge in [-0.2, -0.15) is 9.29 Å². The lowest BCUT2D eigenvalue weighted by Gasteiger charge is -2.21. The van der Waals surface area contributed by atoms with Gasteiger partial charge in [-0.1, -0.05) is 137 Å². The van der Waals surface area contributed by atoms with E-state index in [1.807, 2.05) is 37.3 Å². The summed E-state index contributed by atoms with van der Waals surface area (Å²) in [4.78, 5) is 61.8. The molecule has 0 bridgehead atoms. The maximum absolute atomic E-state index is 12.8. The molecule has 1 saturated heterocycles. The van der Waals surface area contributed by atoms with Crippen molar-refractivity contribution in [3.63, 3.8) is 0 Å². The van der Waals surface area contributed by atoms with Gasteiger partial charge >= 0.3 is 33.3 Å². The smallest absolute Gasteiger partial charge is 0.462 e. The van der Waals surface area contributed by atoms with Gasteiger partial charge in [0.2, 0.25) is 0 Å². The van der Waals surface area contributed by atoms with Crippen LogP contribution in [0.25, 0.3) is 0 Å². The predicted octanol–water partition coefficient (Wildman–Crippen LogP) is 7.83. The average molecular weight is 1060 g/mol. The quantitative estimate of drug-likeness (QED) is 0.0109. The van der Waals surface area contributed by atoms with Crippen LogP contribution in [0.1, 0.15) is 136 Å². The fourth-order valence-corrected chi connectivity index (χ4v) is 8.86. The summed E-state index contributed by atoms with van der Waals surface area (Å²) in [5, 5.41) is 41.0. The summed E-state index contributed by atoms with van der Waals surface area (Å²) < 4.78 is 56.5. The lowest BCUT2D eigenvalue weighted by molar-refractivity contribution is -0.161. The van der Waals surface area contributed by atoms with Crippen molar-refractivity contribution >= 4 is 33.4 Å². The number of phosphoric acid groups is 2. The van der Waals surface area contributed by atoms with E-state index >= 15 is 0 Å². The van der Waals surface area contributed by atoms with E-state index in [0.717, 1.165) is 55.7 Å². The number of nitrogen functional groups attached to an aromatic ring is 1. The molecule has 20 nitrogen and oxygen atoms in total. The van der Waals surface area contributed by atoms with E-state index in [4.69, 9.17) is 29.0 Å². The van der Waals surface area contributed by atoms with E-state index in [-0.39, 0.29) is 18.7 Å². The zero-order chi connectivity index (χ0) is 53.0. The highest BCUT2D eigenvalue weighted by Crippen LogP contribution is 2.60. The number of anilines is 1. The van der Waals surface area contributed by atoms with Crippen LogP contribution in [0.3, 0.4) is 0 Å². The Hall–Kier alpha value is -4.14. The fraction of sp³-hybridized carbons (Fsp3) is 0.600. The van der Waals surface area contributed by atoms with Gasteiger partial charge in [0.1, 0.15) is 30.7 Å². The third kappa shape index (κ3) is 30.2. The van der Waals surface area contributed by atoms with E-state index in [1.54, 1.807) is 42.5 Å². The zero-order valence-electron chi connectivity index (χ0n) is 41.7. The van der Waals surface area contributed by atoms with Crippen LogP contribution in [0.5, 0.6) is 0 Å². The van der Waals surface area contributed by atoms with Gasteiger partial charge in [-0.05, 0) is 70.3 Å². The van der Waals surface area contributed by atoms with Crippen LogP contribution in [0.15, 0.2) is 102 Å². The number of hydrogen-bond donors (Lipinski definition) is 7. The Balaban J connectivity index is 1.87. The molecule has 22 heteroatoms. The van der Waals surface area contributed by atoms with Crippen LogP contribution < -0.4 is 11.4 Å². The molecule has 1 aliphatic heterocycles. The second-order valence-corrected chi connectivity index (χ2v) is 20.0. The molecular formula is C50H79N3O17P2. The number of nitrogens with zero attached hydrogens (tertiary/aromatic N) is 2. The Kier molecular flexibility index (Phi) is 33.4. The topological polar surface area (TPSA) is 306 Å². The van der Waals surface area contributed by atoms with E-state index in [9.17, 15) is 53.7 Å². The second kappa shape index (κ2) is 37.6. The molecule has 2 rings (SSSR count). The molecule has 0 amide bonds. The van der Waals surface area contributed by atoms with E-state index in [2.05, 4.69) is 28.4 Å². The number of rotatable bonds is 39. The highest BCUT2D eigenvalue weighted by molar-refractivity contribution is 7.61. The highest BCUT2D eigenvalue weighted by Gasteiger charge is 2.46. The SMILES string of the molecule is CC/C=C\C[C@@H](O)/C=C/C=C\C/C=C\C=C\[C@@H](O)/C=C\CCCC(=O)OC[C@H](COP(=O)(O)OP(=O)(O)OC[C@H]1O[C@@H](n2ccc(N)nc2=O)[C@H](O)[C@@H]1O)OC(=O)CCCCCCC/C=C\CCCCCC. The van der Waals surface area contributed by atoms with Crippen molar-refractivity contribution < 1.29 is 76.5 Å². The highest BCUT2D eigenvalue weighted by atomic mass is 31.3. The maximum atomic E-state index is 12.8. The molecule has 406 valence electrons. The van der Waals surface area contributed by atoms with Gasteiger partial charge in [0.15, 0.2) is 12.3 Å². The standard InChI is InChI=1S/C50H79N3O17P2/c1-3-5-7-8-9-10-11-12-13-14-18-21-27-34-46(57)68-42(37-65-45(56)33-28-22-26-32-41(55)31-25-20-17-15-16-19-24-30-40(54)29-23-6-4-2)38-66-71(61,62)70-72(63,64)67-39-43-47(58)48(59)49(69-43)53-36-35-44(51)52-50(53)60/h6,10-11,16-17,19-20,23-26,30-32,35-36,40-43,47-49,54-55,58-59H,3-5,7-9,12-15,18,21-22,27-29,33-34,37-39H2,1-2H3,(H,61,62)(H,63,64)(H2,51,52,60)/b11-10-,19-16-,20-17-,23-6-,30-24+,31-25+,32-26-/t40-,41-,42-,43-,47-,48-,49-/m1/s1. The monoisotopic (exact) mass is 1060 g/mol. The van der Waals surface area contributed by atoms with Crippen LogP contribution >= 0.6 is 15.6 Å². The molecule has 0 aromatic carbocycles. The second-order valence-electron chi connectivity index (χ2n) is 17.0. The van der Waals surface area contributed by atoms with E-state index in [0.29, 0.717) is 32.1 Å². The summed E-state index contributed by atoms with van der Waals surface area (Å²) in [7, 11) is -10.9. The Morgan fingerprint density at radius 3 is 2.10 bits per heavy atom. The zero-order valence-corrected chi connectivity index (χ0v) is 43.5. The summed E-state index contributed by atoms with van der Waals surface area (Å²) in [5.74, 6) is -1.51. The lowest BCUT2D eigenvalue weighted by atomic mass is 10.1. The number of esters is 2. The van der Waals surface area contributed by atoms with Crippen LogP contribution in [0.2, 0.25) is 0 Å². The molecule has 72 heavy (non-hydrogen) atoms. The van der Waals surface area contributed by atoms with Crippen LogP contribution in [-0.2, 0) is 46.3 Å². The Morgan fingerprint density at radius 1 is 0.764 bits per heavy atom. The van der Waals surface area contributed by atoms with E-state index in [1.165, 1.54) is 31.7 Å². The van der Waals surface area contributed by atoms with Gasteiger partial charge < -0.3 is 50.2 Å². The van der Waals surface area contributed by atoms with Crippen LogP contribution in [-0.4, -0.2) is 108 Å². The van der Waals surface area contributed by atoms with Gasteiger partial charge in [0, 0.05) is 19.0 Å². The predicted molar refractivity (Wildman–Crippen MR) is 273 cm³/mol. The van der Waals surface area contributed by atoms with Crippen molar-refractivity contribution in [3.05, 3.63) is 108 Å². The van der Waals surface area contributed by atoms with Gasteiger partial charge in [-0.15, -0.1) is 0 Å². The molecule has 0 radical (unpaired) electrons. The normalized spacial score (nSPS) is 20.7. The molecule has 2 heterocycles.